The number of benzene rings is 5. The third kappa shape index (κ3) is 4.46. The number of fused-ring (bicyclic) bond motifs is 1. The summed E-state index contributed by atoms with van der Waals surface area (Å²) in [6.45, 7) is 4.03. The van der Waals surface area contributed by atoms with Crippen LogP contribution in [0.3, 0.4) is 0 Å². The van der Waals surface area contributed by atoms with Crippen molar-refractivity contribution in [2.24, 2.45) is 0 Å². The van der Waals surface area contributed by atoms with Gasteiger partial charge in [0, 0.05) is 29.2 Å². The molecule has 0 aromatic heterocycles. The van der Waals surface area contributed by atoms with E-state index in [1.165, 1.54) is 12.3 Å². The molecule has 0 amide bonds. The van der Waals surface area contributed by atoms with Gasteiger partial charge < -0.3 is 10.7 Å². The fraction of sp³-hybridized carbons (Fsp3) is 0.0606. The van der Waals surface area contributed by atoms with Crippen LogP contribution in [0.15, 0.2) is 103 Å². The highest BCUT2D eigenvalue weighted by Gasteiger charge is 2.25. The summed E-state index contributed by atoms with van der Waals surface area (Å²) in [5, 5.41) is 25.9. The van der Waals surface area contributed by atoms with Crippen molar-refractivity contribution in [2.45, 2.75) is 13.8 Å². The van der Waals surface area contributed by atoms with Crippen LogP contribution in [-0.4, -0.2) is 11.1 Å². The number of nitro groups is 1. The molecule has 0 unspecified atom stereocenters. The van der Waals surface area contributed by atoms with Gasteiger partial charge in [-0.25, -0.2) is 0 Å². The molecule has 0 atom stereocenters. The average molecular weight is 498 g/mol. The van der Waals surface area contributed by atoms with Gasteiger partial charge in [-0.15, -0.1) is 0 Å². The molecule has 0 saturated carbocycles. The molecule has 5 heteroatoms. The zero-order chi connectivity index (χ0) is 26.6. The number of para-hydroxylation sites is 1. The molecule has 5 aromatic carbocycles. The van der Waals surface area contributed by atoms with E-state index in [1.807, 2.05) is 73.7 Å². The zero-order valence-electron chi connectivity index (χ0n) is 21.2. The van der Waals surface area contributed by atoms with Gasteiger partial charge in [-0.3, -0.25) is 10.1 Å². The predicted molar refractivity (Wildman–Crippen MR) is 159 cm³/mol. The van der Waals surface area contributed by atoms with Crippen LogP contribution in [0.1, 0.15) is 23.6 Å². The number of anilines is 2. The van der Waals surface area contributed by atoms with Gasteiger partial charge in [0.25, 0.3) is 5.69 Å². The number of rotatable bonds is 7. The lowest BCUT2D eigenvalue weighted by Crippen LogP contribution is -2.03. The molecule has 0 heterocycles. The number of aryl methyl sites for hydroxylation is 1. The van der Waals surface area contributed by atoms with E-state index in [4.69, 9.17) is 5.41 Å². The summed E-state index contributed by atoms with van der Waals surface area (Å²) in [5.74, 6) is 0. The highest BCUT2D eigenvalue weighted by Crippen LogP contribution is 2.44. The van der Waals surface area contributed by atoms with Gasteiger partial charge >= 0.3 is 0 Å². The van der Waals surface area contributed by atoms with E-state index in [2.05, 4.69) is 42.6 Å². The van der Waals surface area contributed by atoms with Gasteiger partial charge in [0.2, 0.25) is 0 Å². The van der Waals surface area contributed by atoms with Crippen molar-refractivity contribution in [3.05, 3.63) is 130 Å². The van der Waals surface area contributed by atoms with Crippen LogP contribution < -0.4 is 5.32 Å². The maximum Gasteiger partial charge on any atom is 0.278 e. The quantitative estimate of drug-likeness (QED) is 0.134. The van der Waals surface area contributed by atoms with Crippen LogP contribution in [0.4, 0.5) is 17.1 Å². The van der Waals surface area contributed by atoms with Gasteiger partial charge in [-0.05, 0) is 70.6 Å². The third-order valence-corrected chi connectivity index (χ3v) is 6.71. The second-order valence-corrected chi connectivity index (χ2v) is 9.06. The van der Waals surface area contributed by atoms with E-state index in [1.54, 1.807) is 6.07 Å². The summed E-state index contributed by atoms with van der Waals surface area (Å²) in [5.41, 5.74) is 7.25. The Balaban J connectivity index is 1.89. The first-order chi connectivity index (χ1) is 18.5. The number of nitrogens with one attached hydrogen (secondary N) is 2. The van der Waals surface area contributed by atoms with Crippen LogP contribution in [0.25, 0.3) is 39.1 Å². The molecule has 5 nitrogen and oxygen atoms in total. The van der Waals surface area contributed by atoms with Gasteiger partial charge in [0.1, 0.15) is 0 Å². The van der Waals surface area contributed by atoms with Gasteiger partial charge in [-0.1, -0.05) is 84.9 Å². The molecule has 0 radical (unpaired) electrons. The van der Waals surface area contributed by atoms with E-state index in [0.717, 1.165) is 44.3 Å². The van der Waals surface area contributed by atoms with Crippen molar-refractivity contribution in [1.29, 1.82) is 5.41 Å². The highest BCUT2D eigenvalue weighted by molar-refractivity contribution is 6.13. The summed E-state index contributed by atoms with van der Waals surface area (Å²) in [4.78, 5) is 12.0. The van der Waals surface area contributed by atoms with E-state index in [-0.39, 0.29) is 10.6 Å². The first-order valence-electron chi connectivity index (χ1n) is 12.4. The number of nitrogens with zero attached hydrogens (tertiary/aromatic N) is 1. The van der Waals surface area contributed by atoms with E-state index < -0.39 is 0 Å². The maximum absolute atomic E-state index is 12.3. The summed E-state index contributed by atoms with van der Waals surface area (Å²) in [6.07, 6.45) is 5.24. The Bertz CT molecular complexity index is 1690. The van der Waals surface area contributed by atoms with Crippen LogP contribution in [-0.2, 0) is 0 Å². The fourth-order valence-corrected chi connectivity index (χ4v) is 5.06. The largest absolute Gasteiger partial charge is 0.355 e. The molecule has 0 aliphatic heterocycles. The minimum atomic E-state index is -0.364. The predicted octanol–water partition coefficient (Wildman–Crippen LogP) is 9.16. The first kappa shape index (κ1) is 24.7. The van der Waals surface area contributed by atoms with Crippen LogP contribution in [0.5, 0.6) is 0 Å². The molecule has 0 spiro atoms. The SMILES string of the molecule is C/C=C\c1c(C)cc(-c2ccccc2)c2cccc(-c3c([N+](=O)[O-])ccc(Nc4ccccc4)c3C=N)c12. The number of nitro benzene ring substituents is 1. The van der Waals surface area contributed by atoms with Gasteiger partial charge in [0.15, 0.2) is 0 Å². The molecule has 38 heavy (non-hydrogen) atoms. The summed E-state index contributed by atoms with van der Waals surface area (Å²) in [7, 11) is 0. The molecule has 0 fully saturated rings. The van der Waals surface area contributed by atoms with E-state index in [0.29, 0.717) is 16.8 Å². The minimum Gasteiger partial charge on any atom is -0.355 e. The van der Waals surface area contributed by atoms with Crippen molar-refractivity contribution in [3.63, 3.8) is 0 Å². The molecular formula is C33H27N3O2. The average Bonchev–Trinajstić information content (AvgIpc) is 2.94. The second kappa shape index (κ2) is 10.5. The van der Waals surface area contributed by atoms with Crippen molar-refractivity contribution >= 4 is 40.1 Å². The van der Waals surface area contributed by atoms with Crippen molar-refractivity contribution in [1.82, 2.24) is 0 Å². The van der Waals surface area contributed by atoms with Crippen molar-refractivity contribution < 1.29 is 4.92 Å². The lowest BCUT2D eigenvalue weighted by Gasteiger charge is -2.19. The lowest BCUT2D eigenvalue weighted by atomic mass is 9.85. The first-order valence-corrected chi connectivity index (χ1v) is 12.4. The number of hydrogen-bond acceptors (Lipinski definition) is 4. The summed E-state index contributed by atoms with van der Waals surface area (Å²) in [6, 6.07) is 31.1. The number of allylic oxidation sites excluding steroid dienone is 1. The summed E-state index contributed by atoms with van der Waals surface area (Å²) >= 11 is 0. The molecule has 2 N–H and O–H groups in total. The Kier molecular flexibility index (Phi) is 6.83. The summed E-state index contributed by atoms with van der Waals surface area (Å²) < 4.78 is 0. The standard InChI is InChI=1S/C33H27N3O2/c1-3-11-25-22(2)20-28(23-12-6-4-7-13-23)26-16-10-17-27(32(25)26)33-29(21-34)30(18-19-31(33)36(37)38)35-24-14-8-5-9-15-24/h3-21,34-35H,1-2H3/b11-3-,34-21?. The van der Waals surface area contributed by atoms with Crippen LogP contribution >= 0.6 is 0 Å². The Morgan fingerprint density at radius 3 is 2.21 bits per heavy atom. The second-order valence-electron chi connectivity index (χ2n) is 9.06. The Morgan fingerprint density at radius 1 is 0.842 bits per heavy atom. The molecule has 186 valence electrons. The third-order valence-electron chi connectivity index (χ3n) is 6.71. The molecule has 0 saturated heterocycles. The molecule has 5 aromatic rings. The smallest absolute Gasteiger partial charge is 0.278 e. The molecular weight excluding hydrogens is 470 g/mol. The zero-order valence-corrected chi connectivity index (χ0v) is 21.2. The molecule has 0 aliphatic rings. The topological polar surface area (TPSA) is 79.0 Å². The number of hydrogen-bond donors (Lipinski definition) is 2. The van der Waals surface area contributed by atoms with Crippen LogP contribution in [0.2, 0.25) is 0 Å². The highest BCUT2D eigenvalue weighted by atomic mass is 16.6. The maximum atomic E-state index is 12.3. The van der Waals surface area contributed by atoms with Crippen molar-refractivity contribution in [2.75, 3.05) is 5.32 Å². The van der Waals surface area contributed by atoms with E-state index >= 15 is 0 Å². The Labute approximate surface area is 221 Å². The van der Waals surface area contributed by atoms with Gasteiger partial charge in [0.05, 0.1) is 10.5 Å². The van der Waals surface area contributed by atoms with Crippen molar-refractivity contribution in [3.8, 4) is 22.3 Å². The lowest BCUT2D eigenvalue weighted by molar-refractivity contribution is -0.384. The fourth-order valence-electron chi connectivity index (χ4n) is 5.06. The molecule has 0 bridgehead atoms. The Hall–Kier alpha value is -5.03. The Morgan fingerprint density at radius 2 is 1.55 bits per heavy atom. The monoisotopic (exact) mass is 497 g/mol. The van der Waals surface area contributed by atoms with Gasteiger partial charge in [-0.2, -0.15) is 0 Å². The van der Waals surface area contributed by atoms with E-state index in [9.17, 15) is 10.1 Å². The molecule has 5 rings (SSSR count). The van der Waals surface area contributed by atoms with Crippen LogP contribution in [0, 0.1) is 22.4 Å². The minimum absolute atomic E-state index is 0.0381. The molecule has 0 aliphatic carbocycles. The normalized spacial score (nSPS) is 11.1.